The molecule has 0 unspecified atom stereocenters. The van der Waals surface area contributed by atoms with Gasteiger partial charge >= 0.3 is 0 Å². The van der Waals surface area contributed by atoms with Gasteiger partial charge in [0.2, 0.25) is 0 Å². The SMILES string of the molecule is Cn1c(C2=CC(=O)c3ccccc3C2=O)c(C2=CC(=O)c3ccccc3C2=O)c2ccccc21. The van der Waals surface area contributed by atoms with Gasteiger partial charge in [0.15, 0.2) is 23.1 Å². The number of carbonyl (C=O) groups excluding carboxylic acids is 4. The molecule has 3 aromatic carbocycles. The molecule has 0 radical (unpaired) electrons. The lowest BCUT2D eigenvalue weighted by atomic mass is 9.82. The van der Waals surface area contributed by atoms with Gasteiger partial charge in [-0.25, -0.2) is 0 Å². The maximum absolute atomic E-state index is 13.6. The molecule has 0 amide bonds. The molecule has 0 bridgehead atoms. The van der Waals surface area contributed by atoms with Crippen LogP contribution >= 0.6 is 0 Å². The first-order valence-electron chi connectivity index (χ1n) is 10.8. The van der Waals surface area contributed by atoms with Crippen molar-refractivity contribution in [1.29, 1.82) is 0 Å². The molecular weight excluding hydrogens is 426 g/mol. The van der Waals surface area contributed by atoms with Gasteiger partial charge in [0, 0.05) is 51.3 Å². The molecule has 5 nitrogen and oxygen atoms in total. The summed E-state index contributed by atoms with van der Waals surface area (Å²) in [4.78, 5) is 53.0. The van der Waals surface area contributed by atoms with E-state index in [1.54, 1.807) is 55.6 Å². The third-order valence-electron chi connectivity index (χ3n) is 6.55. The molecule has 0 spiro atoms. The Bertz CT molecular complexity index is 1680. The molecular formula is C29H17NO4. The molecule has 2 aliphatic carbocycles. The molecule has 0 saturated heterocycles. The maximum atomic E-state index is 13.6. The Kier molecular flexibility index (Phi) is 4.23. The second kappa shape index (κ2) is 7.18. The quantitative estimate of drug-likeness (QED) is 0.432. The van der Waals surface area contributed by atoms with Gasteiger partial charge in [-0.1, -0.05) is 66.7 Å². The van der Waals surface area contributed by atoms with Crippen LogP contribution in [0.1, 0.15) is 52.7 Å². The number of aromatic nitrogens is 1. The predicted octanol–water partition coefficient (Wildman–Crippen LogP) is 5.10. The van der Waals surface area contributed by atoms with E-state index >= 15 is 0 Å². The Hall–Kier alpha value is -4.64. The number of hydrogen-bond acceptors (Lipinski definition) is 4. The minimum Gasteiger partial charge on any atom is -0.343 e. The van der Waals surface area contributed by atoms with Crippen LogP contribution in [0.25, 0.3) is 22.0 Å². The number of benzene rings is 3. The predicted molar refractivity (Wildman–Crippen MR) is 129 cm³/mol. The Labute approximate surface area is 194 Å². The first-order chi connectivity index (χ1) is 16.5. The number of allylic oxidation sites excluding steroid dienone is 4. The van der Waals surface area contributed by atoms with Gasteiger partial charge in [0.1, 0.15) is 0 Å². The van der Waals surface area contributed by atoms with Crippen LogP contribution in [0.5, 0.6) is 0 Å². The molecule has 5 heteroatoms. The zero-order valence-electron chi connectivity index (χ0n) is 18.2. The third kappa shape index (κ3) is 2.67. The number of para-hydroxylation sites is 1. The summed E-state index contributed by atoms with van der Waals surface area (Å²) in [5.41, 5.74) is 3.50. The van der Waals surface area contributed by atoms with Gasteiger partial charge < -0.3 is 4.57 Å². The van der Waals surface area contributed by atoms with Crippen molar-refractivity contribution in [3.63, 3.8) is 0 Å². The Balaban J connectivity index is 1.66. The fourth-order valence-electron chi connectivity index (χ4n) is 4.97. The molecule has 6 rings (SSSR count). The van der Waals surface area contributed by atoms with E-state index in [4.69, 9.17) is 0 Å². The van der Waals surface area contributed by atoms with Crippen LogP contribution < -0.4 is 0 Å². The molecule has 0 atom stereocenters. The highest BCUT2D eigenvalue weighted by Gasteiger charge is 2.35. The lowest BCUT2D eigenvalue weighted by Crippen LogP contribution is -2.20. The van der Waals surface area contributed by atoms with Gasteiger partial charge in [-0.05, 0) is 18.2 Å². The van der Waals surface area contributed by atoms with E-state index in [-0.39, 0.29) is 34.3 Å². The van der Waals surface area contributed by atoms with Crippen molar-refractivity contribution in [1.82, 2.24) is 4.57 Å². The summed E-state index contributed by atoms with van der Waals surface area (Å²) < 4.78 is 1.81. The summed E-state index contributed by atoms with van der Waals surface area (Å²) >= 11 is 0. The van der Waals surface area contributed by atoms with Crippen LogP contribution in [0, 0.1) is 0 Å². The van der Waals surface area contributed by atoms with Crippen LogP contribution in [0.4, 0.5) is 0 Å². The van der Waals surface area contributed by atoms with Crippen molar-refractivity contribution in [2.24, 2.45) is 7.05 Å². The number of carbonyl (C=O) groups is 4. The van der Waals surface area contributed by atoms with E-state index in [1.807, 2.05) is 28.8 Å². The number of rotatable bonds is 2. The van der Waals surface area contributed by atoms with Crippen molar-refractivity contribution in [3.8, 4) is 0 Å². The highest BCUT2D eigenvalue weighted by molar-refractivity contribution is 6.43. The van der Waals surface area contributed by atoms with Crippen molar-refractivity contribution in [3.05, 3.63) is 118 Å². The number of Topliss-reactive ketones (excluding diaryl/α,β-unsaturated/α-hetero) is 2. The normalized spacial score (nSPS) is 15.2. The Morgan fingerprint density at radius 2 is 1.03 bits per heavy atom. The van der Waals surface area contributed by atoms with Gasteiger partial charge in [-0.3, -0.25) is 19.2 Å². The summed E-state index contributed by atoms with van der Waals surface area (Å²) in [6.07, 6.45) is 2.69. The molecule has 2 aliphatic rings. The van der Waals surface area contributed by atoms with Crippen LogP contribution in [0.3, 0.4) is 0 Å². The number of aryl methyl sites for hydroxylation is 1. The average Bonchev–Trinajstić information content (AvgIpc) is 3.16. The van der Waals surface area contributed by atoms with Crippen molar-refractivity contribution >= 4 is 45.2 Å². The fraction of sp³-hybridized carbons (Fsp3) is 0.0345. The molecule has 162 valence electrons. The summed E-state index contributed by atoms with van der Waals surface area (Å²) in [6.45, 7) is 0. The third-order valence-corrected chi connectivity index (χ3v) is 6.55. The zero-order valence-corrected chi connectivity index (χ0v) is 18.2. The maximum Gasteiger partial charge on any atom is 0.196 e. The lowest BCUT2D eigenvalue weighted by molar-refractivity contribution is 0.1000. The number of ketones is 4. The van der Waals surface area contributed by atoms with E-state index < -0.39 is 0 Å². The van der Waals surface area contributed by atoms with Gasteiger partial charge in [0.25, 0.3) is 0 Å². The highest BCUT2D eigenvalue weighted by atomic mass is 16.1. The second-order valence-electron chi connectivity index (χ2n) is 8.39. The van der Waals surface area contributed by atoms with E-state index in [2.05, 4.69) is 0 Å². The first kappa shape index (κ1) is 20.0. The summed E-state index contributed by atoms with van der Waals surface area (Å²) in [5, 5.41) is 0.729. The molecule has 0 saturated carbocycles. The lowest BCUT2D eigenvalue weighted by Gasteiger charge is -2.20. The second-order valence-corrected chi connectivity index (χ2v) is 8.39. The molecule has 4 aromatic rings. The molecule has 1 heterocycles. The number of hydrogen-bond donors (Lipinski definition) is 0. The van der Waals surface area contributed by atoms with Crippen LogP contribution in [-0.2, 0) is 7.05 Å². The zero-order chi connectivity index (χ0) is 23.6. The fourth-order valence-corrected chi connectivity index (χ4v) is 4.97. The Morgan fingerprint density at radius 1 is 0.559 bits per heavy atom. The minimum atomic E-state index is -0.294. The van der Waals surface area contributed by atoms with Crippen molar-refractivity contribution in [2.45, 2.75) is 0 Å². The number of nitrogens with zero attached hydrogens (tertiary/aromatic N) is 1. The standard InChI is InChI=1S/C29H17NO4/c1-30-23-13-7-6-12-20(23)26(21-14-24(31)16-8-2-4-10-18(16)28(21)33)27(30)22-15-25(32)17-9-3-5-11-19(17)29(22)34/h2-15H,1H3. The highest BCUT2D eigenvalue weighted by Crippen LogP contribution is 2.40. The topological polar surface area (TPSA) is 73.2 Å². The Morgan fingerprint density at radius 3 is 1.65 bits per heavy atom. The summed E-state index contributed by atoms with van der Waals surface area (Å²) in [6, 6.07) is 20.9. The molecule has 0 fully saturated rings. The van der Waals surface area contributed by atoms with Crippen molar-refractivity contribution in [2.75, 3.05) is 0 Å². The van der Waals surface area contributed by atoms with Crippen LogP contribution in [-0.4, -0.2) is 27.7 Å². The van der Waals surface area contributed by atoms with Crippen LogP contribution in [0.15, 0.2) is 84.9 Å². The van der Waals surface area contributed by atoms with Crippen LogP contribution in [0.2, 0.25) is 0 Å². The monoisotopic (exact) mass is 443 g/mol. The number of fused-ring (bicyclic) bond motifs is 3. The minimum absolute atomic E-state index is 0.206. The average molecular weight is 443 g/mol. The molecule has 34 heavy (non-hydrogen) atoms. The van der Waals surface area contributed by atoms with E-state index in [1.165, 1.54) is 12.2 Å². The molecule has 0 aliphatic heterocycles. The van der Waals surface area contributed by atoms with E-state index in [0.29, 0.717) is 33.5 Å². The summed E-state index contributed by atoms with van der Waals surface area (Å²) in [7, 11) is 1.80. The van der Waals surface area contributed by atoms with Gasteiger partial charge in [-0.2, -0.15) is 0 Å². The largest absolute Gasteiger partial charge is 0.343 e. The summed E-state index contributed by atoms with van der Waals surface area (Å²) in [5.74, 6) is -1.12. The van der Waals surface area contributed by atoms with Gasteiger partial charge in [-0.15, -0.1) is 0 Å². The van der Waals surface area contributed by atoms with Crippen molar-refractivity contribution < 1.29 is 19.2 Å². The first-order valence-corrected chi connectivity index (χ1v) is 10.8. The molecule has 0 N–H and O–H groups in total. The van der Waals surface area contributed by atoms with E-state index in [0.717, 1.165) is 10.9 Å². The van der Waals surface area contributed by atoms with E-state index in [9.17, 15) is 19.2 Å². The molecule has 1 aromatic heterocycles. The smallest absolute Gasteiger partial charge is 0.196 e. The van der Waals surface area contributed by atoms with Gasteiger partial charge in [0.05, 0.1) is 11.3 Å².